The van der Waals surface area contributed by atoms with Gasteiger partial charge in [-0.3, -0.25) is 19.5 Å². The summed E-state index contributed by atoms with van der Waals surface area (Å²) in [5, 5.41) is 9.96. The number of likely N-dealkylation sites (tertiary alicyclic amines) is 1. The van der Waals surface area contributed by atoms with E-state index < -0.39 is 0 Å². The van der Waals surface area contributed by atoms with Crippen molar-refractivity contribution < 1.29 is 18.8 Å². The Morgan fingerprint density at radius 1 is 1.05 bits per heavy atom. The maximum absolute atomic E-state index is 13.1. The second-order valence-corrected chi connectivity index (χ2v) is 9.37. The fourth-order valence-corrected chi connectivity index (χ4v) is 4.53. The molecule has 2 amide bonds. The number of methoxy groups -OCH3 is 1. The number of benzene rings is 2. The largest absolute Gasteiger partial charge is 0.497 e. The molecular formula is C29H30N6O4. The van der Waals surface area contributed by atoms with Crippen LogP contribution in [0.5, 0.6) is 5.75 Å². The summed E-state index contributed by atoms with van der Waals surface area (Å²) in [6.45, 7) is 2.34. The molecule has 1 fully saturated rings. The smallest absolute Gasteiger partial charge is 0.253 e. The molecule has 1 aliphatic heterocycles. The van der Waals surface area contributed by atoms with Crippen LogP contribution >= 0.6 is 0 Å². The van der Waals surface area contributed by atoms with E-state index in [2.05, 4.69) is 30.7 Å². The van der Waals surface area contributed by atoms with Crippen molar-refractivity contribution in [3.63, 3.8) is 0 Å². The van der Waals surface area contributed by atoms with E-state index in [0.717, 1.165) is 30.0 Å². The molecule has 2 aromatic carbocycles. The number of hydrogen-bond acceptors (Lipinski definition) is 8. The number of para-hydroxylation sites is 1. The van der Waals surface area contributed by atoms with Crippen LogP contribution in [0.3, 0.4) is 0 Å². The van der Waals surface area contributed by atoms with E-state index in [1.54, 1.807) is 43.8 Å². The molecule has 0 bridgehead atoms. The molecule has 39 heavy (non-hydrogen) atoms. The summed E-state index contributed by atoms with van der Waals surface area (Å²) in [6.07, 6.45) is 4.78. The van der Waals surface area contributed by atoms with E-state index in [1.165, 1.54) is 0 Å². The molecule has 0 atom stereocenters. The van der Waals surface area contributed by atoms with Gasteiger partial charge in [0, 0.05) is 30.4 Å². The van der Waals surface area contributed by atoms with Crippen molar-refractivity contribution in [1.29, 1.82) is 0 Å². The van der Waals surface area contributed by atoms with Gasteiger partial charge >= 0.3 is 0 Å². The lowest BCUT2D eigenvalue weighted by Crippen LogP contribution is -2.38. The van der Waals surface area contributed by atoms with Gasteiger partial charge in [-0.05, 0) is 74.0 Å². The fraction of sp³-hybridized carbons (Fsp3) is 0.276. The van der Waals surface area contributed by atoms with Crippen LogP contribution in [0.2, 0.25) is 0 Å². The summed E-state index contributed by atoms with van der Waals surface area (Å²) in [7, 11) is 1.62. The van der Waals surface area contributed by atoms with Gasteiger partial charge in [-0.15, -0.1) is 0 Å². The third kappa shape index (κ3) is 6.66. The minimum atomic E-state index is -0.252. The van der Waals surface area contributed by atoms with Crippen molar-refractivity contribution in [2.45, 2.75) is 25.9 Å². The first-order valence-electron chi connectivity index (χ1n) is 12.9. The zero-order valence-corrected chi connectivity index (χ0v) is 21.7. The highest BCUT2D eigenvalue weighted by Crippen LogP contribution is 2.24. The fourth-order valence-electron chi connectivity index (χ4n) is 4.53. The van der Waals surface area contributed by atoms with Crippen LogP contribution in [0.15, 0.2) is 77.6 Å². The molecule has 2 aromatic heterocycles. The van der Waals surface area contributed by atoms with E-state index in [0.29, 0.717) is 48.9 Å². The molecule has 4 aromatic rings. The lowest BCUT2D eigenvalue weighted by atomic mass is 9.95. The van der Waals surface area contributed by atoms with Crippen LogP contribution in [0, 0.1) is 5.92 Å². The van der Waals surface area contributed by atoms with Gasteiger partial charge in [-0.2, -0.15) is 4.98 Å². The summed E-state index contributed by atoms with van der Waals surface area (Å²) in [5.74, 6) is 1.35. The molecular weight excluding hydrogens is 496 g/mol. The van der Waals surface area contributed by atoms with Gasteiger partial charge in [0.2, 0.25) is 17.6 Å². The Morgan fingerprint density at radius 2 is 1.85 bits per heavy atom. The van der Waals surface area contributed by atoms with Crippen LogP contribution in [0.1, 0.15) is 34.7 Å². The van der Waals surface area contributed by atoms with Crippen LogP contribution in [0.4, 0.5) is 5.69 Å². The first-order chi connectivity index (χ1) is 19.1. The number of aromatic nitrogens is 3. The van der Waals surface area contributed by atoms with Crippen molar-refractivity contribution in [3.8, 4) is 17.1 Å². The Bertz CT molecular complexity index is 1400. The maximum atomic E-state index is 13.1. The summed E-state index contributed by atoms with van der Waals surface area (Å²) in [5.41, 5.74) is 2.69. The predicted molar refractivity (Wildman–Crippen MR) is 145 cm³/mol. The zero-order chi connectivity index (χ0) is 27.0. The molecule has 2 N–H and O–H groups in total. The SMILES string of the molecule is COc1ccc(-c2noc(CN3CCC(C(=O)Nc4ccccc4C(=O)NCc4cccnc4)CC3)n2)cc1. The summed E-state index contributed by atoms with van der Waals surface area (Å²) >= 11 is 0. The number of pyridine rings is 1. The summed E-state index contributed by atoms with van der Waals surface area (Å²) < 4.78 is 10.7. The number of anilines is 1. The van der Waals surface area contributed by atoms with Crippen LogP contribution < -0.4 is 15.4 Å². The normalized spacial score (nSPS) is 14.1. The molecule has 0 radical (unpaired) electrons. The lowest BCUT2D eigenvalue weighted by Gasteiger charge is -2.30. The average Bonchev–Trinajstić information content (AvgIpc) is 3.45. The van der Waals surface area contributed by atoms with Gasteiger partial charge in [0.1, 0.15) is 5.75 Å². The van der Waals surface area contributed by atoms with Gasteiger partial charge in [0.15, 0.2) is 0 Å². The third-order valence-electron chi connectivity index (χ3n) is 6.74. The standard InChI is InChI=1S/C29H30N6O4/c1-38-23-10-8-21(9-11-23)27-33-26(39-34-27)19-35-15-12-22(13-16-35)28(36)32-25-7-3-2-6-24(25)29(37)31-18-20-5-4-14-30-17-20/h2-11,14,17,22H,12-13,15-16,18-19H2,1H3,(H,31,37)(H,32,36). The van der Waals surface area contributed by atoms with E-state index in [1.807, 2.05) is 36.4 Å². The number of amides is 2. The Kier molecular flexibility index (Phi) is 8.23. The molecule has 10 nitrogen and oxygen atoms in total. The van der Waals surface area contributed by atoms with Gasteiger partial charge in [-0.1, -0.05) is 23.4 Å². The Labute approximate surface area is 226 Å². The molecule has 1 saturated heterocycles. The molecule has 1 aliphatic rings. The zero-order valence-electron chi connectivity index (χ0n) is 21.7. The topological polar surface area (TPSA) is 122 Å². The van der Waals surface area contributed by atoms with E-state index in [-0.39, 0.29) is 17.7 Å². The van der Waals surface area contributed by atoms with E-state index in [4.69, 9.17) is 9.26 Å². The quantitative estimate of drug-likeness (QED) is 0.337. The highest BCUT2D eigenvalue weighted by molar-refractivity contribution is 6.04. The number of nitrogens with one attached hydrogen (secondary N) is 2. The first-order valence-corrected chi connectivity index (χ1v) is 12.9. The van der Waals surface area contributed by atoms with Gasteiger partial charge < -0.3 is 19.9 Å². The minimum Gasteiger partial charge on any atom is -0.497 e. The van der Waals surface area contributed by atoms with Crippen molar-refractivity contribution in [2.75, 3.05) is 25.5 Å². The molecule has 0 aliphatic carbocycles. The van der Waals surface area contributed by atoms with Crippen LogP contribution in [-0.4, -0.2) is 52.0 Å². The first kappa shape index (κ1) is 26.1. The number of nitrogens with zero attached hydrogens (tertiary/aromatic N) is 4. The summed E-state index contributed by atoms with van der Waals surface area (Å²) in [6, 6.07) is 18.3. The summed E-state index contributed by atoms with van der Waals surface area (Å²) in [4.78, 5) is 36.7. The second-order valence-electron chi connectivity index (χ2n) is 9.37. The van der Waals surface area contributed by atoms with Crippen molar-refractivity contribution in [1.82, 2.24) is 25.3 Å². The predicted octanol–water partition coefficient (Wildman–Crippen LogP) is 3.92. The number of carbonyl (C=O) groups excluding carboxylic acids is 2. The second kappa shape index (κ2) is 12.3. The monoisotopic (exact) mass is 526 g/mol. The van der Waals surface area contributed by atoms with Crippen LogP contribution in [0.25, 0.3) is 11.4 Å². The Hall–Kier alpha value is -4.57. The molecule has 0 unspecified atom stereocenters. The van der Waals surface area contributed by atoms with E-state index >= 15 is 0 Å². The highest BCUT2D eigenvalue weighted by atomic mass is 16.5. The van der Waals surface area contributed by atoms with Crippen molar-refractivity contribution in [3.05, 3.63) is 90.1 Å². The lowest BCUT2D eigenvalue weighted by molar-refractivity contribution is -0.121. The van der Waals surface area contributed by atoms with Gasteiger partial charge in [0.05, 0.1) is 24.9 Å². The Balaban J connectivity index is 1.12. The third-order valence-corrected chi connectivity index (χ3v) is 6.74. The number of piperidine rings is 1. The highest BCUT2D eigenvalue weighted by Gasteiger charge is 2.27. The molecule has 200 valence electrons. The number of rotatable bonds is 9. The number of hydrogen-bond donors (Lipinski definition) is 2. The minimum absolute atomic E-state index is 0.0817. The van der Waals surface area contributed by atoms with Gasteiger partial charge in [-0.25, -0.2) is 0 Å². The number of carbonyl (C=O) groups is 2. The molecule has 0 saturated carbocycles. The van der Waals surface area contributed by atoms with Crippen molar-refractivity contribution in [2.24, 2.45) is 5.92 Å². The van der Waals surface area contributed by atoms with E-state index in [9.17, 15) is 9.59 Å². The molecule has 0 spiro atoms. The number of ether oxygens (including phenoxy) is 1. The molecule has 5 rings (SSSR count). The average molecular weight is 527 g/mol. The Morgan fingerprint density at radius 3 is 2.59 bits per heavy atom. The molecule has 10 heteroatoms. The van der Waals surface area contributed by atoms with Crippen molar-refractivity contribution >= 4 is 17.5 Å². The van der Waals surface area contributed by atoms with Crippen LogP contribution in [-0.2, 0) is 17.9 Å². The maximum Gasteiger partial charge on any atom is 0.253 e. The van der Waals surface area contributed by atoms with Gasteiger partial charge in [0.25, 0.3) is 5.91 Å². The molecule has 3 heterocycles.